The molecule has 2 N–H and O–H groups in total. The lowest BCUT2D eigenvalue weighted by atomic mass is 10.2. The molecule has 0 aliphatic carbocycles. The molecule has 1 aliphatic rings. The molecule has 1 aromatic carbocycles. The van der Waals surface area contributed by atoms with Crippen LogP contribution in [0.4, 0.5) is 0 Å². The molecular formula is C10H9BrN4OS. The van der Waals surface area contributed by atoms with E-state index in [4.69, 9.17) is 12.2 Å². The van der Waals surface area contributed by atoms with Crippen LogP contribution in [0.2, 0.25) is 0 Å². The molecule has 1 fully saturated rings. The Morgan fingerprint density at radius 3 is 3.06 bits per heavy atom. The van der Waals surface area contributed by atoms with E-state index in [1.807, 2.05) is 24.3 Å². The van der Waals surface area contributed by atoms with E-state index in [1.165, 1.54) is 0 Å². The lowest BCUT2D eigenvalue weighted by Crippen LogP contribution is -2.56. The van der Waals surface area contributed by atoms with Crippen molar-refractivity contribution < 1.29 is 4.79 Å². The van der Waals surface area contributed by atoms with Gasteiger partial charge in [0, 0.05) is 4.47 Å². The van der Waals surface area contributed by atoms with Crippen molar-refractivity contribution in [2.45, 2.75) is 0 Å². The average molecular weight is 313 g/mol. The molecule has 88 valence electrons. The number of rotatable bonds is 2. The Morgan fingerprint density at radius 2 is 2.35 bits per heavy atom. The molecule has 1 amide bonds. The number of hydrogen-bond donors (Lipinski definition) is 2. The highest BCUT2D eigenvalue weighted by atomic mass is 79.9. The number of nitrogens with zero attached hydrogens (tertiary/aromatic N) is 2. The zero-order valence-electron chi connectivity index (χ0n) is 8.68. The molecule has 1 saturated heterocycles. The summed E-state index contributed by atoms with van der Waals surface area (Å²) in [5.41, 5.74) is 6.21. The van der Waals surface area contributed by atoms with Gasteiger partial charge >= 0.3 is 0 Å². The highest BCUT2D eigenvalue weighted by Crippen LogP contribution is 2.10. The number of hydrazine groups is 1. The fraction of sp³-hybridized carbons (Fsp3) is 0.100. The van der Waals surface area contributed by atoms with E-state index in [9.17, 15) is 4.79 Å². The van der Waals surface area contributed by atoms with Crippen molar-refractivity contribution in [1.29, 1.82) is 0 Å². The summed E-state index contributed by atoms with van der Waals surface area (Å²) < 4.78 is 0.953. The first-order valence-corrected chi connectivity index (χ1v) is 6.02. The van der Waals surface area contributed by atoms with Crippen LogP contribution in [-0.4, -0.2) is 28.8 Å². The molecule has 7 heteroatoms. The predicted octanol–water partition coefficient (Wildman–Crippen LogP) is 1.00. The Morgan fingerprint density at radius 1 is 1.53 bits per heavy atom. The molecule has 1 aliphatic heterocycles. The normalized spacial score (nSPS) is 16.4. The van der Waals surface area contributed by atoms with Crippen molar-refractivity contribution in [3.8, 4) is 0 Å². The van der Waals surface area contributed by atoms with Crippen LogP contribution in [0.3, 0.4) is 0 Å². The molecule has 0 unspecified atom stereocenters. The average Bonchev–Trinajstić information content (AvgIpc) is 2.28. The first kappa shape index (κ1) is 12.2. The third kappa shape index (κ3) is 3.09. The largest absolute Gasteiger partial charge is 0.296 e. The third-order valence-corrected chi connectivity index (χ3v) is 2.80. The van der Waals surface area contributed by atoms with Gasteiger partial charge in [-0.25, -0.2) is 5.43 Å². The fourth-order valence-corrected chi connectivity index (χ4v) is 1.90. The number of carbonyl (C=O) groups excluding carboxylic acids is 1. The quantitative estimate of drug-likeness (QED) is 0.632. The van der Waals surface area contributed by atoms with Gasteiger partial charge in [0.05, 0.1) is 12.8 Å². The minimum absolute atomic E-state index is 0.163. The van der Waals surface area contributed by atoms with Crippen LogP contribution in [0.1, 0.15) is 5.56 Å². The van der Waals surface area contributed by atoms with Gasteiger partial charge in [0.25, 0.3) is 5.91 Å². The summed E-state index contributed by atoms with van der Waals surface area (Å²) in [6.07, 6.45) is 1.59. The molecule has 0 spiro atoms. The van der Waals surface area contributed by atoms with Crippen molar-refractivity contribution in [2.75, 3.05) is 6.54 Å². The molecule has 0 saturated carbocycles. The number of carbonyl (C=O) groups is 1. The first-order valence-electron chi connectivity index (χ1n) is 4.82. The fourth-order valence-electron chi connectivity index (χ4n) is 1.26. The number of hydrazone groups is 1. The maximum absolute atomic E-state index is 11.5. The number of thiocarbonyl (C=S) groups is 1. The Bertz CT molecular complexity index is 475. The van der Waals surface area contributed by atoms with Gasteiger partial charge in [-0.05, 0) is 29.9 Å². The van der Waals surface area contributed by atoms with Crippen molar-refractivity contribution >= 4 is 45.4 Å². The number of halogens is 1. The van der Waals surface area contributed by atoms with Crippen molar-refractivity contribution in [1.82, 2.24) is 15.9 Å². The maximum Gasteiger partial charge on any atom is 0.265 e. The van der Waals surface area contributed by atoms with Gasteiger partial charge < -0.3 is 0 Å². The molecule has 1 aromatic rings. The molecule has 0 radical (unpaired) electrons. The minimum atomic E-state index is -0.194. The topological polar surface area (TPSA) is 56.7 Å². The smallest absolute Gasteiger partial charge is 0.265 e. The van der Waals surface area contributed by atoms with Crippen LogP contribution in [0.15, 0.2) is 33.8 Å². The van der Waals surface area contributed by atoms with Gasteiger partial charge in [0.15, 0.2) is 0 Å². The standard InChI is InChI=1S/C10H9BrN4OS/c11-8-3-1-2-7(4-8)5-13-15-9(16)6-12-14-10(15)17/h1-5,12H,6H2,(H,14,17)/b13-5+. The van der Waals surface area contributed by atoms with Crippen molar-refractivity contribution in [2.24, 2.45) is 5.10 Å². The van der Waals surface area contributed by atoms with Gasteiger partial charge in [0.2, 0.25) is 5.11 Å². The van der Waals surface area contributed by atoms with Crippen molar-refractivity contribution in [3.05, 3.63) is 34.3 Å². The highest BCUT2D eigenvalue weighted by molar-refractivity contribution is 9.10. The summed E-state index contributed by atoms with van der Waals surface area (Å²) in [5, 5.41) is 5.45. The SMILES string of the molecule is O=C1CNNC(=S)N1/N=C/c1cccc(Br)c1. The molecule has 17 heavy (non-hydrogen) atoms. The monoisotopic (exact) mass is 312 g/mol. The van der Waals surface area contributed by atoms with E-state index in [0.717, 1.165) is 15.0 Å². The van der Waals surface area contributed by atoms with Crippen LogP contribution in [0.25, 0.3) is 0 Å². The number of hydrogen-bond acceptors (Lipinski definition) is 4. The highest BCUT2D eigenvalue weighted by Gasteiger charge is 2.21. The third-order valence-electron chi connectivity index (χ3n) is 2.03. The molecule has 0 atom stereocenters. The molecular weight excluding hydrogens is 304 g/mol. The van der Waals surface area contributed by atoms with Crippen LogP contribution in [-0.2, 0) is 4.79 Å². The van der Waals surface area contributed by atoms with E-state index in [1.54, 1.807) is 6.21 Å². The van der Waals surface area contributed by atoms with E-state index in [0.29, 0.717) is 0 Å². The molecule has 0 bridgehead atoms. The van der Waals surface area contributed by atoms with Gasteiger partial charge in [-0.15, -0.1) is 0 Å². The molecule has 0 aromatic heterocycles. The van der Waals surface area contributed by atoms with Crippen LogP contribution in [0.5, 0.6) is 0 Å². The van der Waals surface area contributed by atoms with Gasteiger partial charge in [-0.3, -0.25) is 10.2 Å². The Hall–Kier alpha value is -1.31. The number of amides is 1. The Balaban J connectivity index is 2.14. The number of nitrogens with one attached hydrogen (secondary N) is 2. The van der Waals surface area contributed by atoms with Gasteiger partial charge in [-0.1, -0.05) is 28.1 Å². The van der Waals surface area contributed by atoms with Crippen molar-refractivity contribution in [3.63, 3.8) is 0 Å². The second kappa shape index (κ2) is 5.35. The maximum atomic E-state index is 11.5. The lowest BCUT2D eigenvalue weighted by molar-refractivity contribution is -0.127. The van der Waals surface area contributed by atoms with Gasteiger partial charge in [0.1, 0.15) is 0 Å². The summed E-state index contributed by atoms with van der Waals surface area (Å²) in [6, 6.07) is 7.59. The Labute approximate surface area is 112 Å². The summed E-state index contributed by atoms with van der Waals surface area (Å²) in [6.45, 7) is 0.163. The van der Waals surface area contributed by atoms with Crippen LogP contribution < -0.4 is 10.9 Å². The second-order valence-electron chi connectivity index (χ2n) is 3.29. The summed E-state index contributed by atoms with van der Waals surface area (Å²) >= 11 is 8.32. The predicted molar refractivity (Wildman–Crippen MR) is 72.3 cm³/mol. The van der Waals surface area contributed by atoms with E-state index in [2.05, 4.69) is 31.9 Å². The number of benzene rings is 1. The minimum Gasteiger partial charge on any atom is -0.296 e. The van der Waals surface area contributed by atoms with E-state index < -0.39 is 0 Å². The summed E-state index contributed by atoms with van der Waals surface area (Å²) in [4.78, 5) is 11.5. The van der Waals surface area contributed by atoms with E-state index >= 15 is 0 Å². The lowest BCUT2D eigenvalue weighted by Gasteiger charge is -2.23. The molecule has 2 rings (SSSR count). The van der Waals surface area contributed by atoms with Crippen LogP contribution in [0, 0.1) is 0 Å². The van der Waals surface area contributed by atoms with Crippen LogP contribution >= 0.6 is 28.1 Å². The zero-order chi connectivity index (χ0) is 12.3. The second-order valence-corrected chi connectivity index (χ2v) is 4.59. The Kier molecular flexibility index (Phi) is 3.82. The summed E-state index contributed by atoms with van der Waals surface area (Å²) in [5.74, 6) is -0.194. The zero-order valence-corrected chi connectivity index (χ0v) is 11.1. The van der Waals surface area contributed by atoms with Gasteiger partial charge in [-0.2, -0.15) is 10.1 Å². The molecule has 5 nitrogen and oxygen atoms in total. The molecule has 1 heterocycles. The summed E-state index contributed by atoms with van der Waals surface area (Å²) in [7, 11) is 0. The van der Waals surface area contributed by atoms with E-state index in [-0.39, 0.29) is 17.6 Å². The first-order chi connectivity index (χ1) is 8.16.